The Labute approximate surface area is 178 Å². The van der Waals surface area contributed by atoms with Crippen LogP contribution < -0.4 is 4.74 Å². The first-order chi connectivity index (χ1) is 14.5. The molecule has 30 heavy (non-hydrogen) atoms. The third kappa shape index (κ3) is 5.27. The number of aromatic nitrogens is 2. The van der Waals surface area contributed by atoms with Crippen LogP contribution in [-0.2, 0) is 10.5 Å². The van der Waals surface area contributed by atoms with Gasteiger partial charge in [0.1, 0.15) is 16.5 Å². The Bertz CT molecular complexity index is 1010. The molecule has 0 spiro atoms. The number of hydrogen-bond donors (Lipinski definition) is 0. The predicted octanol–water partition coefficient (Wildman–Crippen LogP) is 4.42. The van der Waals surface area contributed by atoms with Crippen molar-refractivity contribution < 1.29 is 23.6 Å². The van der Waals surface area contributed by atoms with E-state index in [1.54, 1.807) is 42.6 Å². The number of rotatable bonds is 9. The van der Waals surface area contributed by atoms with Gasteiger partial charge in [-0.15, -0.1) is 11.8 Å². The average Bonchev–Trinajstić information content (AvgIpc) is 3.08. The number of Topliss-reactive ketones (excluding diaryl/α,β-unsaturated/α-hetero) is 1. The molecule has 2 aromatic heterocycles. The molecule has 0 aliphatic carbocycles. The highest BCUT2D eigenvalue weighted by Crippen LogP contribution is 2.27. The summed E-state index contributed by atoms with van der Waals surface area (Å²) < 4.78 is 15.8. The van der Waals surface area contributed by atoms with Crippen LogP contribution in [0.4, 0.5) is 0 Å². The quantitative estimate of drug-likeness (QED) is 0.282. The summed E-state index contributed by atoms with van der Waals surface area (Å²) in [5.41, 5.74) is 2.54. The molecular weight excluding hydrogens is 404 g/mol. The number of carbonyl (C=O) groups excluding carboxylic acids is 2. The molecule has 1 aromatic carbocycles. The van der Waals surface area contributed by atoms with Crippen LogP contribution in [0.5, 0.6) is 5.75 Å². The zero-order chi connectivity index (χ0) is 21.5. The van der Waals surface area contributed by atoms with Gasteiger partial charge in [0.25, 0.3) is 0 Å². The lowest BCUT2D eigenvalue weighted by molar-refractivity contribution is 0.0470. The van der Waals surface area contributed by atoms with Gasteiger partial charge in [-0.05, 0) is 57.2 Å². The molecule has 156 valence electrons. The molecule has 8 heteroatoms. The van der Waals surface area contributed by atoms with Gasteiger partial charge in [0.05, 0.1) is 17.9 Å². The second-order valence-corrected chi connectivity index (χ2v) is 7.37. The standard InChI is InChI=1S/C22H22N2O5S/c1-4-27-17-9-7-16(8-10-17)20(25)12-28-22(26)18-6-5-11-23-21(18)30-13-19-14(2)24-29-15(19)3/h5-11H,4,12-13H2,1-3H3. The Kier molecular flexibility index (Phi) is 7.24. The molecule has 0 saturated carbocycles. The SMILES string of the molecule is CCOc1ccc(C(=O)COC(=O)c2cccnc2SCc2c(C)noc2C)cc1. The van der Waals surface area contributed by atoms with Gasteiger partial charge < -0.3 is 14.0 Å². The summed E-state index contributed by atoms with van der Waals surface area (Å²) in [6.07, 6.45) is 1.61. The van der Waals surface area contributed by atoms with Crippen molar-refractivity contribution in [3.05, 3.63) is 70.7 Å². The first kappa shape index (κ1) is 21.6. The smallest absolute Gasteiger partial charge is 0.341 e. The number of nitrogens with zero attached hydrogens (tertiary/aromatic N) is 2. The van der Waals surface area contributed by atoms with Crippen LogP contribution in [0.3, 0.4) is 0 Å². The van der Waals surface area contributed by atoms with E-state index >= 15 is 0 Å². The average molecular weight is 426 g/mol. The minimum absolute atomic E-state index is 0.291. The molecule has 0 saturated heterocycles. The maximum Gasteiger partial charge on any atom is 0.341 e. The van der Waals surface area contributed by atoms with Crippen molar-refractivity contribution >= 4 is 23.5 Å². The second-order valence-electron chi connectivity index (χ2n) is 6.40. The summed E-state index contributed by atoms with van der Waals surface area (Å²) >= 11 is 1.39. The molecule has 0 atom stereocenters. The topological polar surface area (TPSA) is 91.5 Å². The molecule has 0 unspecified atom stereocenters. The molecule has 0 fully saturated rings. The van der Waals surface area contributed by atoms with E-state index in [0.717, 1.165) is 17.0 Å². The van der Waals surface area contributed by atoms with Crippen LogP contribution in [0.2, 0.25) is 0 Å². The maximum absolute atomic E-state index is 12.6. The number of ketones is 1. The molecule has 0 N–H and O–H groups in total. The summed E-state index contributed by atoms with van der Waals surface area (Å²) in [6, 6.07) is 10.0. The zero-order valence-electron chi connectivity index (χ0n) is 17.0. The number of ether oxygens (including phenoxy) is 2. The van der Waals surface area contributed by atoms with E-state index in [2.05, 4.69) is 10.1 Å². The summed E-state index contributed by atoms with van der Waals surface area (Å²) in [6.45, 7) is 5.79. The summed E-state index contributed by atoms with van der Waals surface area (Å²) in [7, 11) is 0. The van der Waals surface area contributed by atoms with E-state index in [1.807, 2.05) is 20.8 Å². The van der Waals surface area contributed by atoms with Crippen molar-refractivity contribution in [2.75, 3.05) is 13.2 Å². The van der Waals surface area contributed by atoms with Crippen LogP contribution in [0.25, 0.3) is 0 Å². The highest BCUT2D eigenvalue weighted by Gasteiger charge is 2.18. The number of pyridine rings is 1. The van der Waals surface area contributed by atoms with E-state index in [0.29, 0.717) is 34.3 Å². The molecular formula is C22H22N2O5S. The van der Waals surface area contributed by atoms with Crippen molar-refractivity contribution in [2.24, 2.45) is 0 Å². The van der Waals surface area contributed by atoms with Gasteiger partial charge >= 0.3 is 5.97 Å². The summed E-state index contributed by atoms with van der Waals surface area (Å²) in [5.74, 6) is 1.09. The molecule has 3 aromatic rings. The van der Waals surface area contributed by atoms with Gasteiger partial charge in [0.2, 0.25) is 0 Å². The fourth-order valence-corrected chi connectivity index (χ4v) is 3.84. The highest BCUT2D eigenvalue weighted by atomic mass is 32.2. The van der Waals surface area contributed by atoms with Gasteiger partial charge in [-0.2, -0.15) is 0 Å². The van der Waals surface area contributed by atoms with Crippen molar-refractivity contribution in [3.8, 4) is 5.75 Å². The lowest BCUT2D eigenvalue weighted by Gasteiger charge is -2.09. The largest absolute Gasteiger partial charge is 0.494 e. The number of benzene rings is 1. The predicted molar refractivity (Wildman–Crippen MR) is 112 cm³/mol. The van der Waals surface area contributed by atoms with E-state index in [4.69, 9.17) is 14.0 Å². The van der Waals surface area contributed by atoms with Crippen LogP contribution in [0.1, 0.15) is 44.7 Å². The molecule has 0 aliphatic heterocycles. The van der Waals surface area contributed by atoms with Gasteiger partial charge in [0.15, 0.2) is 12.4 Å². The fraction of sp³-hybridized carbons (Fsp3) is 0.273. The molecule has 0 aliphatic rings. The number of carbonyl (C=O) groups is 2. The third-order valence-electron chi connectivity index (χ3n) is 4.35. The van der Waals surface area contributed by atoms with Crippen LogP contribution in [-0.4, -0.2) is 35.1 Å². The summed E-state index contributed by atoms with van der Waals surface area (Å²) in [5, 5.41) is 4.46. The maximum atomic E-state index is 12.6. The first-order valence-corrected chi connectivity index (χ1v) is 10.4. The number of esters is 1. The van der Waals surface area contributed by atoms with Crippen molar-refractivity contribution in [3.63, 3.8) is 0 Å². The van der Waals surface area contributed by atoms with E-state index in [-0.39, 0.29) is 12.4 Å². The van der Waals surface area contributed by atoms with Gasteiger partial charge in [-0.1, -0.05) is 5.16 Å². The lowest BCUT2D eigenvalue weighted by Crippen LogP contribution is -2.15. The monoisotopic (exact) mass is 426 g/mol. The second kappa shape index (κ2) is 10.1. The fourth-order valence-electron chi connectivity index (χ4n) is 2.71. The zero-order valence-corrected chi connectivity index (χ0v) is 17.8. The molecule has 0 bridgehead atoms. The van der Waals surface area contributed by atoms with Gasteiger partial charge in [0, 0.05) is 23.1 Å². The summed E-state index contributed by atoms with van der Waals surface area (Å²) in [4.78, 5) is 29.2. The molecule has 0 radical (unpaired) electrons. The van der Waals surface area contributed by atoms with Gasteiger partial charge in [-0.25, -0.2) is 9.78 Å². The third-order valence-corrected chi connectivity index (χ3v) is 5.38. The van der Waals surface area contributed by atoms with Crippen LogP contribution in [0.15, 0.2) is 52.1 Å². The van der Waals surface area contributed by atoms with Crippen LogP contribution in [0, 0.1) is 13.8 Å². The number of thioether (sulfide) groups is 1. The van der Waals surface area contributed by atoms with E-state index < -0.39 is 5.97 Å². The Balaban J connectivity index is 1.62. The van der Waals surface area contributed by atoms with E-state index in [1.165, 1.54) is 11.8 Å². The van der Waals surface area contributed by atoms with Crippen molar-refractivity contribution in [2.45, 2.75) is 31.6 Å². The number of hydrogen-bond acceptors (Lipinski definition) is 8. The van der Waals surface area contributed by atoms with Gasteiger partial charge in [-0.3, -0.25) is 4.79 Å². The Morgan fingerprint density at radius 3 is 2.57 bits per heavy atom. The van der Waals surface area contributed by atoms with Crippen molar-refractivity contribution in [1.82, 2.24) is 10.1 Å². The minimum atomic E-state index is -0.594. The number of aryl methyl sites for hydroxylation is 2. The molecule has 3 rings (SSSR count). The highest BCUT2D eigenvalue weighted by molar-refractivity contribution is 7.98. The molecule has 0 amide bonds. The molecule has 7 nitrogen and oxygen atoms in total. The van der Waals surface area contributed by atoms with Crippen molar-refractivity contribution in [1.29, 1.82) is 0 Å². The Hall–Kier alpha value is -3.13. The van der Waals surface area contributed by atoms with Crippen LogP contribution >= 0.6 is 11.8 Å². The molecule has 2 heterocycles. The Morgan fingerprint density at radius 1 is 1.13 bits per heavy atom. The normalized spacial score (nSPS) is 10.6. The Morgan fingerprint density at radius 2 is 1.90 bits per heavy atom. The lowest BCUT2D eigenvalue weighted by atomic mass is 10.1. The van der Waals surface area contributed by atoms with E-state index in [9.17, 15) is 9.59 Å². The minimum Gasteiger partial charge on any atom is -0.494 e. The first-order valence-electron chi connectivity index (χ1n) is 9.42.